The second-order valence-corrected chi connectivity index (χ2v) is 5.63. The predicted molar refractivity (Wildman–Crippen MR) is 73.2 cm³/mol. The average molecular weight is 271 g/mol. The molecule has 3 atom stereocenters. The molecule has 0 aliphatic carbocycles. The normalized spacial score (nSPS) is 26.5. The zero-order valence-corrected chi connectivity index (χ0v) is 11.6. The van der Waals surface area contributed by atoms with Gasteiger partial charge in [-0.25, -0.2) is 4.39 Å². The highest BCUT2D eigenvalue weighted by Gasteiger charge is 2.32. The van der Waals surface area contributed by atoms with Gasteiger partial charge >= 0.3 is 0 Å². The van der Waals surface area contributed by atoms with Gasteiger partial charge in [0.2, 0.25) is 0 Å². The van der Waals surface area contributed by atoms with Crippen LogP contribution in [0.4, 0.5) is 4.39 Å². The Balaban J connectivity index is 2.18. The molecular weight excluding hydrogens is 251 g/mol. The van der Waals surface area contributed by atoms with Crippen LogP contribution in [0.1, 0.15) is 31.9 Å². The van der Waals surface area contributed by atoms with Crippen molar-refractivity contribution in [3.63, 3.8) is 0 Å². The summed E-state index contributed by atoms with van der Waals surface area (Å²) in [7, 11) is 0. The van der Waals surface area contributed by atoms with Crippen LogP contribution in [0.15, 0.2) is 18.2 Å². The van der Waals surface area contributed by atoms with E-state index in [1.54, 1.807) is 6.07 Å². The fourth-order valence-electron chi connectivity index (χ4n) is 2.90. The SMILES string of the molecule is CC1CC(CN)CN1C(C)c1ccc(F)cc1Cl. The van der Waals surface area contributed by atoms with E-state index in [-0.39, 0.29) is 11.9 Å². The van der Waals surface area contributed by atoms with Gasteiger partial charge in [-0.2, -0.15) is 0 Å². The third-order valence-corrected chi connectivity index (χ3v) is 4.28. The molecule has 4 heteroatoms. The summed E-state index contributed by atoms with van der Waals surface area (Å²) in [6, 6.07) is 5.33. The van der Waals surface area contributed by atoms with E-state index in [9.17, 15) is 4.39 Å². The topological polar surface area (TPSA) is 29.3 Å². The van der Waals surface area contributed by atoms with Crippen LogP contribution in [-0.4, -0.2) is 24.0 Å². The van der Waals surface area contributed by atoms with Crippen molar-refractivity contribution in [2.24, 2.45) is 11.7 Å². The Bertz CT molecular complexity index is 424. The number of rotatable bonds is 3. The number of likely N-dealkylation sites (tertiary alicyclic amines) is 1. The molecule has 2 rings (SSSR count). The van der Waals surface area contributed by atoms with Gasteiger partial charge in [0.1, 0.15) is 5.82 Å². The predicted octanol–water partition coefficient (Wildman–Crippen LogP) is 3.21. The summed E-state index contributed by atoms with van der Waals surface area (Å²) in [6.45, 7) is 6.05. The zero-order chi connectivity index (χ0) is 13.3. The fraction of sp³-hybridized carbons (Fsp3) is 0.571. The summed E-state index contributed by atoms with van der Waals surface area (Å²) < 4.78 is 13.1. The average Bonchev–Trinajstić information content (AvgIpc) is 2.70. The Morgan fingerprint density at radius 3 is 2.83 bits per heavy atom. The molecule has 0 radical (unpaired) electrons. The van der Waals surface area contributed by atoms with Crippen LogP contribution in [0.3, 0.4) is 0 Å². The molecule has 3 unspecified atom stereocenters. The standard InChI is InChI=1S/C14H20ClFN2/c1-9-5-11(7-17)8-18(9)10(2)13-4-3-12(16)6-14(13)15/h3-4,6,9-11H,5,7-8,17H2,1-2H3. The van der Waals surface area contributed by atoms with Crippen molar-refractivity contribution in [3.8, 4) is 0 Å². The van der Waals surface area contributed by atoms with Gasteiger partial charge in [-0.1, -0.05) is 17.7 Å². The van der Waals surface area contributed by atoms with E-state index in [0.29, 0.717) is 17.0 Å². The molecule has 1 fully saturated rings. The number of hydrogen-bond donors (Lipinski definition) is 1. The van der Waals surface area contributed by atoms with Gasteiger partial charge in [0.25, 0.3) is 0 Å². The van der Waals surface area contributed by atoms with Gasteiger partial charge < -0.3 is 5.73 Å². The summed E-state index contributed by atoms with van der Waals surface area (Å²) >= 11 is 6.13. The number of hydrogen-bond acceptors (Lipinski definition) is 2. The van der Waals surface area contributed by atoms with Gasteiger partial charge in [-0.05, 0) is 50.4 Å². The Kier molecular flexibility index (Phi) is 4.25. The third-order valence-electron chi connectivity index (χ3n) is 3.95. The van der Waals surface area contributed by atoms with E-state index in [1.807, 2.05) is 0 Å². The third kappa shape index (κ3) is 2.68. The molecule has 0 spiro atoms. The molecule has 0 saturated carbocycles. The molecule has 1 heterocycles. The Morgan fingerprint density at radius 1 is 1.56 bits per heavy atom. The summed E-state index contributed by atoms with van der Waals surface area (Å²) in [4.78, 5) is 2.40. The Morgan fingerprint density at radius 2 is 2.28 bits per heavy atom. The second-order valence-electron chi connectivity index (χ2n) is 5.23. The lowest BCUT2D eigenvalue weighted by atomic mass is 10.1. The molecular formula is C14H20ClFN2. The van der Waals surface area contributed by atoms with Gasteiger partial charge in [0.05, 0.1) is 0 Å². The number of benzene rings is 1. The Labute approximate surface area is 113 Å². The minimum atomic E-state index is -0.287. The van der Waals surface area contributed by atoms with E-state index in [2.05, 4.69) is 18.7 Å². The van der Waals surface area contributed by atoms with Crippen LogP contribution in [0.5, 0.6) is 0 Å². The summed E-state index contributed by atoms with van der Waals surface area (Å²) in [5, 5.41) is 0.505. The van der Waals surface area contributed by atoms with Crippen LogP contribution in [0.2, 0.25) is 5.02 Å². The highest BCUT2D eigenvalue weighted by Crippen LogP contribution is 2.34. The van der Waals surface area contributed by atoms with Crippen LogP contribution in [0.25, 0.3) is 0 Å². The molecule has 1 saturated heterocycles. The van der Waals surface area contributed by atoms with Crippen molar-refractivity contribution >= 4 is 11.6 Å². The minimum absolute atomic E-state index is 0.199. The first kappa shape index (κ1) is 13.8. The molecule has 1 aromatic rings. The van der Waals surface area contributed by atoms with Crippen molar-refractivity contribution in [2.75, 3.05) is 13.1 Å². The maximum absolute atomic E-state index is 13.1. The first-order valence-corrected chi connectivity index (χ1v) is 6.81. The molecule has 100 valence electrons. The highest BCUT2D eigenvalue weighted by atomic mass is 35.5. The second kappa shape index (κ2) is 5.55. The highest BCUT2D eigenvalue weighted by molar-refractivity contribution is 6.31. The van der Waals surface area contributed by atoms with Gasteiger partial charge in [-0.15, -0.1) is 0 Å². The molecule has 2 N–H and O–H groups in total. The van der Waals surface area contributed by atoms with Crippen molar-refractivity contribution in [1.29, 1.82) is 0 Å². The number of halogens is 2. The molecule has 1 aliphatic rings. The summed E-state index contributed by atoms with van der Waals surface area (Å²) in [5.74, 6) is 0.270. The zero-order valence-electron chi connectivity index (χ0n) is 10.9. The monoisotopic (exact) mass is 270 g/mol. The summed E-state index contributed by atoms with van der Waals surface area (Å²) in [6.07, 6.45) is 1.12. The van der Waals surface area contributed by atoms with E-state index < -0.39 is 0 Å². The lowest BCUT2D eigenvalue weighted by molar-refractivity contribution is 0.200. The molecule has 0 amide bonds. The number of nitrogens with two attached hydrogens (primary N) is 1. The van der Waals surface area contributed by atoms with Crippen molar-refractivity contribution in [1.82, 2.24) is 4.90 Å². The maximum atomic E-state index is 13.1. The largest absolute Gasteiger partial charge is 0.330 e. The molecule has 1 aromatic carbocycles. The van der Waals surface area contributed by atoms with Crippen molar-refractivity contribution in [2.45, 2.75) is 32.4 Å². The lowest BCUT2D eigenvalue weighted by Gasteiger charge is -2.29. The van der Waals surface area contributed by atoms with Crippen LogP contribution >= 0.6 is 11.6 Å². The molecule has 0 aromatic heterocycles. The first-order valence-electron chi connectivity index (χ1n) is 6.43. The minimum Gasteiger partial charge on any atom is -0.330 e. The molecule has 2 nitrogen and oxygen atoms in total. The van der Waals surface area contributed by atoms with Gasteiger partial charge in [0.15, 0.2) is 0 Å². The van der Waals surface area contributed by atoms with Crippen LogP contribution in [-0.2, 0) is 0 Å². The number of nitrogens with zero attached hydrogens (tertiary/aromatic N) is 1. The van der Waals surface area contributed by atoms with Gasteiger partial charge in [0, 0.05) is 23.7 Å². The van der Waals surface area contributed by atoms with Crippen LogP contribution < -0.4 is 5.73 Å². The quantitative estimate of drug-likeness (QED) is 0.914. The molecule has 0 bridgehead atoms. The van der Waals surface area contributed by atoms with Crippen molar-refractivity contribution in [3.05, 3.63) is 34.6 Å². The maximum Gasteiger partial charge on any atom is 0.124 e. The van der Waals surface area contributed by atoms with Crippen molar-refractivity contribution < 1.29 is 4.39 Å². The lowest BCUT2D eigenvalue weighted by Crippen LogP contribution is -2.31. The van der Waals surface area contributed by atoms with E-state index in [1.165, 1.54) is 12.1 Å². The Hall–Kier alpha value is -0.640. The van der Waals surface area contributed by atoms with E-state index in [0.717, 1.165) is 25.1 Å². The summed E-state index contributed by atoms with van der Waals surface area (Å²) in [5.41, 5.74) is 6.73. The van der Waals surface area contributed by atoms with Crippen LogP contribution in [0, 0.1) is 11.7 Å². The fourth-order valence-corrected chi connectivity index (χ4v) is 3.23. The van der Waals surface area contributed by atoms with E-state index >= 15 is 0 Å². The molecule has 1 aliphatic heterocycles. The smallest absolute Gasteiger partial charge is 0.124 e. The van der Waals surface area contributed by atoms with E-state index in [4.69, 9.17) is 17.3 Å². The van der Waals surface area contributed by atoms with Gasteiger partial charge in [-0.3, -0.25) is 4.90 Å². The molecule has 18 heavy (non-hydrogen) atoms. The first-order chi connectivity index (χ1) is 8.52.